The fourth-order valence-corrected chi connectivity index (χ4v) is 3.10. The lowest BCUT2D eigenvalue weighted by atomic mass is 9.70. The van der Waals surface area contributed by atoms with Crippen molar-refractivity contribution in [3.63, 3.8) is 0 Å². The molecule has 0 amide bonds. The first-order chi connectivity index (χ1) is 7.29. The van der Waals surface area contributed by atoms with E-state index >= 15 is 0 Å². The highest BCUT2D eigenvalue weighted by atomic mass is 15.1. The van der Waals surface area contributed by atoms with Gasteiger partial charge in [0.25, 0.3) is 0 Å². The Hall–Kier alpha value is -0.830. The zero-order chi connectivity index (χ0) is 10.3. The van der Waals surface area contributed by atoms with Crippen molar-refractivity contribution in [3.8, 4) is 0 Å². The second-order valence-electron chi connectivity index (χ2n) is 5.15. The fourth-order valence-electron chi connectivity index (χ4n) is 3.10. The number of rotatable bonds is 1. The molecule has 1 aliphatic carbocycles. The third-order valence-electron chi connectivity index (χ3n) is 4.17. The maximum absolute atomic E-state index is 4.23. The molecule has 3 rings (SSSR count). The average Bonchev–Trinajstić information content (AvgIpc) is 2.62. The normalized spacial score (nSPS) is 29.0. The topological polar surface area (TPSA) is 29.9 Å². The second kappa shape index (κ2) is 3.34. The number of hydrogen-bond donors (Lipinski definition) is 1. The quantitative estimate of drug-likeness (QED) is 0.760. The lowest BCUT2D eigenvalue weighted by Crippen LogP contribution is -2.55. The Balaban J connectivity index is 1.79. The predicted octanol–water partition coefficient (Wildman–Crippen LogP) is 2.04. The highest BCUT2D eigenvalue weighted by Crippen LogP contribution is 2.42. The zero-order valence-electron chi connectivity index (χ0n) is 9.37. The average molecular weight is 205 g/mol. The van der Waals surface area contributed by atoms with Gasteiger partial charge in [0, 0.05) is 23.5 Å². The number of nitrogens with one attached hydrogen (secondary N) is 1. The molecule has 1 N–H and O–H groups in total. The van der Waals surface area contributed by atoms with Gasteiger partial charge in [0.05, 0.1) is 6.33 Å². The van der Waals surface area contributed by atoms with Crippen molar-refractivity contribution < 1.29 is 0 Å². The molecular weight excluding hydrogens is 186 g/mol. The van der Waals surface area contributed by atoms with Crippen LogP contribution in [0.3, 0.4) is 0 Å². The Kier molecular flexibility index (Phi) is 2.09. The van der Waals surface area contributed by atoms with Crippen LogP contribution in [0.2, 0.25) is 0 Å². The second-order valence-corrected chi connectivity index (χ2v) is 5.15. The van der Waals surface area contributed by atoms with Gasteiger partial charge in [-0.05, 0) is 45.6 Å². The third kappa shape index (κ3) is 1.49. The van der Waals surface area contributed by atoms with Gasteiger partial charge >= 0.3 is 0 Å². The zero-order valence-corrected chi connectivity index (χ0v) is 9.37. The third-order valence-corrected chi connectivity index (χ3v) is 4.17. The lowest BCUT2D eigenvalue weighted by Gasteiger charge is -2.48. The van der Waals surface area contributed by atoms with Gasteiger partial charge in [0.15, 0.2) is 0 Å². The molecule has 1 saturated carbocycles. The van der Waals surface area contributed by atoms with Gasteiger partial charge in [-0.15, -0.1) is 0 Å². The molecule has 1 unspecified atom stereocenters. The van der Waals surface area contributed by atoms with Crippen molar-refractivity contribution in [2.24, 2.45) is 0 Å². The fraction of sp³-hybridized carbons (Fsp3) is 0.750. The smallest absolute Gasteiger partial charge is 0.0950 e. The number of aromatic nitrogens is 2. The molecule has 2 heterocycles. The summed E-state index contributed by atoms with van der Waals surface area (Å²) < 4.78 is 2.36. The van der Waals surface area contributed by atoms with Crippen LogP contribution < -0.4 is 5.32 Å². The molecule has 1 spiro atoms. The molecule has 0 radical (unpaired) electrons. The molecule has 3 heteroatoms. The van der Waals surface area contributed by atoms with E-state index in [1.807, 2.05) is 12.5 Å². The van der Waals surface area contributed by atoms with Gasteiger partial charge in [-0.1, -0.05) is 0 Å². The van der Waals surface area contributed by atoms with E-state index in [1.54, 1.807) is 0 Å². The molecule has 1 aromatic heterocycles. The van der Waals surface area contributed by atoms with Gasteiger partial charge in [-0.2, -0.15) is 0 Å². The Bertz CT molecular complexity index is 352. The SMILES string of the molecule is Cc1cncn1C1CCNC2(CCC2)C1. The van der Waals surface area contributed by atoms with Crippen molar-refractivity contribution in [1.29, 1.82) is 0 Å². The van der Waals surface area contributed by atoms with Gasteiger partial charge in [-0.25, -0.2) is 4.98 Å². The Labute approximate surface area is 90.9 Å². The van der Waals surface area contributed by atoms with Crippen LogP contribution in [0.1, 0.15) is 43.8 Å². The summed E-state index contributed by atoms with van der Waals surface area (Å²) in [6, 6.07) is 0.675. The largest absolute Gasteiger partial charge is 0.332 e. The molecule has 1 aliphatic heterocycles. The van der Waals surface area contributed by atoms with Crippen LogP contribution >= 0.6 is 0 Å². The van der Waals surface area contributed by atoms with Crippen LogP contribution in [0, 0.1) is 6.92 Å². The van der Waals surface area contributed by atoms with Crippen LogP contribution in [0.15, 0.2) is 12.5 Å². The van der Waals surface area contributed by atoms with E-state index < -0.39 is 0 Å². The number of aryl methyl sites for hydroxylation is 1. The summed E-state index contributed by atoms with van der Waals surface area (Å²) in [5, 5.41) is 3.71. The number of piperidine rings is 1. The molecule has 82 valence electrons. The van der Waals surface area contributed by atoms with E-state index in [2.05, 4.69) is 21.8 Å². The summed E-state index contributed by atoms with van der Waals surface area (Å²) in [6.45, 7) is 3.32. The summed E-state index contributed by atoms with van der Waals surface area (Å²) in [7, 11) is 0. The van der Waals surface area contributed by atoms with E-state index in [0.717, 1.165) is 0 Å². The number of imidazole rings is 1. The molecule has 1 atom stereocenters. The van der Waals surface area contributed by atoms with Gasteiger partial charge < -0.3 is 9.88 Å². The molecule has 1 aromatic rings. The molecule has 1 saturated heterocycles. The number of hydrogen-bond acceptors (Lipinski definition) is 2. The Morgan fingerprint density at radius 1 is 1.53 bits per heavy atom. The molecule has 15 heavy (non-hydrogen) atoms. The molecule has 3 nitrogen and oxygen atoms in total. The first-order valence-corrected chi connectivity index (χ1v) is 6.03. The van der Waals surface area contributed by atoms with Gasteiger partial charge in [0.1, 0.15) is 0 Å². The molecule has 2 fully saturated rings. The summed E-state index contributed by atoms with van der Waals surface area (Å²) in [5.74, 6) is 0. The van der Waals surface area contributed by atoms with Crippen LogP contribution in [-0.2, 0) is 0 Å². The Morgan fingerprint density at radius 3 is 3.00 bits per heavy atom. The van der Waals surface area contributed by atoms with E-state index in [0.29, 0.717) is 11.6 Å². The van der Waals surface area contributed by atoms with Gasteiger partial charge in [-0.3, -0.25) is 0 Å². The van der Waals surface area contributed by atoms with E-state index in [9.17, 15) is 0 Å². The minimum absolute atomic E-state index is 0.486. The van der Waals surface area contributed by atoms with Crippen LogP contribution in [-0.4, -0.2) is 21.6 Å². The molecule has 0 bridgehead atoms. The number of nitrogens with zero attached hydrogens (tertiary/aromatic N) is 2. The van der Waals surface area contributed by atoms with Crippen LogP contribution in [0.4, 0.5) is 0 Å². The van der Waals surface area contributed by atoms with E-state index in [-0.39, 0.29) is 0 Å². The molecular formula is C12H19N3. The highest BCUT2D eigenvalue weighted by molar-refractivity contribution is 5.05. The van der Waals surface area contributed by atoms with Crippen molar-refractivity contribution in [2.45, 2.75) is 50.6 Å². The first kappa shape index (κ1) is 9.40. The summed E-state index contributed by atoms with van der Waals surface area (Å²) in [4.78, 5) is 4.23. The van der Waals surface area contributed by atoms with Crippen molar-refractivity contribution in [2.75, 3.05) is 6.54 Å². The van der Waals surface area contributed by atoms with E-state index in [4.69, 9.17) is 0 Å². The lowest BCUT2D eigenvalue weighted by molar-refractivity contribution is 0.109. The molecule has 0 aromatic carbocycles. The van der Waals surface area contributed by atoms with Crippen LogP contribution in [0.5, 0.6) is 0 Å². The van der Waals surface area contributed by atoms with Gasteiger partial charge in [0.2, 0.25) is 0 Å². The monoisotopic (exact) mass is 205 g/mol. The summed E-state index contributed by atoms with van der Waals surface area (Å²) >= 11 is 0. The summed E-state index contributed by atoms with van der Waals surface area (Å²) in [5.41, 5.74) is 1.79. The van der Waals surface area contributed by atoms with E-state index in [1.165, 1.54) is 44.3 Å². The van der Waals surface area contributed by atoms with Crippen molar-refractivity contribution in [3.05, 3.63) is 18.2 Å². The predicted molar refractivity (Wildman–Crippen MR) is 59.8 cm³/mol. The summed E-state index contributed by atoms with van der Waals surface area (Å²) in [6.07, 6.45) is 10.7. The first-order valence-electron chi connectivity index (χ1n) is 6.03. The minimum Gasteiger partial charge on any atom is -0.332 e. The maximum atomic E-state index is 4.23. The highest BCUT2D eigenvalue weighted by Gasteiger charge is 2.41. The molecule has 2 aliphatic rings. The Morgan fingerprint density at radius 2 is 2.40 bits per heavy atom. The van der Waals surface area contributed by atoms with Crippen LogP contribution in [0.25, 0.3) is 0 Å². The maximum Gasteiger partial charge on any atom is 0.0950 e. The minimum atomic E-state index is 0.486. The standard InChI is InChI=1S/C12H19N3/c1-10-8-13-9-15(10)11-3-6-14-12(7-11)4-2-5-12/h8-9,11,14H,2-7H2,1H3. The van der Waals surface area contributed by atoms with Crippen molar-refractivity contribution >= 4 is 0 Å². The van der Waals surface area contributed by atoms with Crippen molar-refractivity contribution in [1.82, 2.24) is 14.9 Å².